The van der Waals surface area contributed by atoms with E-state index in [0.717, 1.165) is 18.4 Å². The topological polar surface area (TPSA) is 75.3 Å². The Bertz CT molecular complexity index is 509. The second-order valence-corrected chi connectivity index (χ2v) is 7.56. The van der Waals surface area contributed by atoms with E-state index >= 15 is 0 Å². The Hall–Kier alpha value is -1.59. The number of nitrogens with one attached hydrogen (secondary N) is 2. The lowest BCUT2D eigenvalue weighted by Crippen LogP contribution is -2.44. The van der Waals surface area contributed by atoms with Crippen LogP contribution in [0.15, 0.2) is 9.52 Å². The average molecular weight is 321 g/mol. The van der Waals surface area contributed by atoms with Crippen LogP contribution < -0.4 is 10.6 Å². The van der Waals surface area contributed by atoms with E-state index in [0.29, 0.717) is 24.3 Å². The lowest BCUT2D eigenvalue weighted by molar-refractivity contribution is 0.318. The molecule has 0 aromatic carbocycles. The molecule has 1 heterocycles. The Labute approximate surface area is 139 Å². The zero-order valence-electron chi connectivity index (χ0n) is 15.1. The molecule has 130 valence electrons. The minimum absolute atomic E-state index is 0.128. The summed E-state index contributed by atoms with van der Waals surface area (Å²) in [7, 11) is 0. The van der Waals surface area contributed by atoms with Gasteiger partial charge in [0.15, 0.2) is 11.8 Å². The number of nitrogens with zero attached hydrogens (tertiary/aromatic N) is 3. The maximum absolute atomic E-state index is 5.31. The van der Waals surface area contributed by atoms with E-state index in [1.807, 2.05) is 0 Å². The van der Waals surface area contributed by atoms with Crippen LogP contribution in [0.4, 0.5) is 0 Å². The van der Waals surface area contributed by atoms with Crippen LogP contribution >= 0.6 is 0 Å². The van der Waals surface area contributed by atoms with E-state index in [1.165, 1.54) is 25.7 Å². The molecule has 1 aliphatic carbocycles. The minimum atomic E-state index is -0.128. The standard InChI is InChI=1S/C17H31N5O/c1-6-18-16(20-13-9-7-12(2)8-10-13)19-11-14-21-15(23-22-14)17(3,4)5/h12-13H,6-11H2,1-5H3,(H2,18,19,20). The number of rotatable bonds is 4. The molecule has 0 saturated heterocycles. The predicted molar refractivity (Wildman–Crippen MR) is 92.4 cm³/mol. The van der Waals surface area contributed by atoms with Gasteiger partial charge in [0, 0.05) is 18.0 Å². The molecule has 2 N–H and O–H groups in total. The van der Waals surface area contributed by atoms with E-state index in [2.05, 4.69) is 60.4 Å². The Balaban J connectivity index is 1.94. The zero-order chi connectivity index (χ0) is 16.9. The van der Waals surface area contributed by atoms with Gasteiger partial charge < -0.3 is 15.2 Å². The fourth-order valence-corrected chi connectivity index (χ4v) is 2.69. The van der Waals surface area contributed by atoms with Crippen molar-refractivity contribution >= 4 is 5.96 Å². The average Bonchev–Trinajstić information content (AvgIpc) is 2.96. The summed E-state index contributed by atoms with van der Waals surface area (Å²) in [6, 6.07) is 0.513. The number of hydrogen-bond acceptors (Lipinski definition) is 4. The van der Waals surface area contributed by atoms with Crippen LogP contribution in [0.1, 0.15) is 72.0 Å². The Morgan fingerprint density at radius 1 is 1.26 bits per heavy atom. The summed E-state index contributed by atoms with van der Waals surface area (Å²) >= 11 is 0. The van der Waals surface area contributed by atoms with E-state index in [4.69, 9.17) is 4.52 Å². The highest BCUT2D eigenvalue weighted by atomic mass is 16.5. The van der Waals surface area contributed by atoms with Gasteiger partial charge in [-0.05, 0) is 38.5 Å². The quantitative estimate of drug-likeness (QED) is 0.658. The molecule has 1 aromatic rings. The first-order valence-electron chi connectivity index (χ1n) is 8.76. The third-order valence-corrected chi connectivity index (χ3v) is 4.19. The second kappa shape index (κ2) is 7.79. The Morgan fingerprint density at radius 2 is 1.96 bits per heavy atom. The van der Waals surface area contributed by atoms with Gasteiger partial charge in [-0.25, -0.2) is 4.99 Å². The summed E-state index contributed by atoms with van der Waals surface area (Å²) in [4.78, 5) is 9.03. The monoisotopic (exact) mass is 321 g/mol. The Morgan fingerprint density at radius 3 is 2.52 bits per heavy atom. The first kappa shape index (κ1) is 17.8. The van der Waals surface area contributed by atoms with Gasteiger partial charge >= 0.3 is 0 Å². The van der Waals surface area contributed by atoms with Gasteiger partial charge in [0.1, 0.15) is 6.54 Å². The highest BCUT2D eigenvalue weighted by molar-refractivity contribution is 5.80. The van der Waals surface area contributed by atoms with Crippen molar-refractivity contribution in [3.63, 3.8) is 0 Å². The first-order valence-corrected chi connectivity index (χ1v) is 8.76. The van der Waals surface area contributed by atoms with Crippen molar-refractivity contribution in [2.45, 2.75) is 78.3 Å². The third kappa shape index (κ3) is 5.52. The van der Waals surface area contributed by atoms with Crippen LogP contribution in [0.5, 0.6) is 0 Å². The fourth-order valence-electron chi connectivity index (χ4n) is 2.69. The predicted octanol–water partition coefficient (Wildman–Crippen LogP) is 3.00. The van der Waals surface area contributed by atoms with Gasteiger partial charge in [-0.15, -0.1) is 0 Å². The van der Waals surface area contributed by atoms with Crippen molar-refractivity contribution in [1.29, 1.82) is 0 Å². The summed E-state index contributed by atoms with van der Waals surface area (Å²) in [6.45, 7) is 11.9. The van der Waals surface area contributed by atoms with Gasteiger partial charge in [-0.2, -0.15) is 4.98 Å². The van der Waals surface area contributed by atoms with Crippen LogP contribution in [-0.2, 0) is 12.0 Å². The molecule has 23 heavy (non-hydrogen) atoms. The molecule has 0 spiro atoms. The molecule has 6 heteroatoms. The first-order chi connectivity index (χ1) is 10.9. The number of aliphatic imine (C=N–C) groups is 1. The highest BCUT2D eigenvalue weighted by Gasteiger charge is 2.22. The summed E-state index contributed by atoms with van der Waals surface area (Å²) < 4.78 is 5.31. The second-order valence-electron chi connectivity index (χ2n) is 7.56. The van der Waals surface area contributed by atoms with Gasteiger partial charge in [-0.1, -0.05) is 32.9 Å². The molecule has 1 fully saturated rings. The number of aromatic nitrogens is 2. The molecular weight excluding hydrogens is 290 g/mol. The summed E-state index contributed by atoms with van der Waals surface area (Å²) in [5, 5.41) is 10.9. The molecule has 2 rings (SSSR count). The third-order valence-electron chi connectivity index (χ3n) is 4.19. The van der Waals surface area contributed by atoms with Crippen LogP contribution in [0.3, 0.4) is 0 Å². The molecule has 1 saturated carbocycles. The SMILES string of the molecule is CCNC(=NCc1noc(C(C)(C)C)n1)NC1CCC(C)CC1. The largest absolute Gasteiger partial charge is 0.357 e. The van der Waals surface area contributed by atoms with E-state index < -0.39 is 0 Å². The van der Waals surface area contributed by atoms with Crippen molar-refractivity contribution in [1.82, 2.24) is 20.8 Å². The van der Waals surface area contributed by atoms with Crippen molar-refractivity contribution in [3.8, 4) is 0 Å². The maximum atomic E-state index is 5.31. The van der Waals surface area contributed by atoms with Crippen LogP contribution in [0, 0.1) is 5.92 Å². The molecule has 0 bridgehead atoms. The lowest BCUT2D eigenvalue weighted by Gasteiger charge is -2.28. The van der Waals surface area contributed by atoms with Crippen LogP contribution in [0.2, 0.25) is 0 Å². The van der Waals surface area contributed by atoms with Gasteiger partial charge in [-0.3, -0.25) is 0 Å². The molecular formula is C17H31N5O. The van der Waals surface area contributed by atoms with Crippen molar-refractivity contribution in [3.05, 3.63) is 11.7 Å². The normalized spacial score (nSPS) is 22.9. The Kier molecular flexibility index (Phi) is 6.02. The van der Waals surface area contributed by atoms with Crippen LogP contribution in [0.25, 0.3) is 0 Å². The van der Waals surface area contributed by atoms with E-state index in [9.17, 15) is 0 Å². The van der Waals surface area contributed by atoms with Gasteiger partial charge in [0.2, 0.25) is 5.89 Å². The van der Waals surface area contributed by atoms with Crippen molar-refractivity contribution in [2.24, 2.45) is 10.9 Å². The molecule has 1 aliphatic rings. The lowest BCUT2D eigenvalue weighted by atomic mass is 9.87. The fraction of sp³-hybridized carbons (Fsp3) is 0.824. The minimum Gasteiger partial charge on any atom is -0.357 e. The summed E-state index contributed by atoms with van der Waals surface area (Å²) in [5.74, 6) is 2.98. The molecule has 0 aliphatic heterocycles. The zero-order valence-corrected chi connectivity index (χ0v) is 15.1. The number of hydrogen-bond donors (Lipinski definition) is 2. The smallest absolute Gasteiger partial charge is 0.232 e. The van der Waals surface area contributed by atoms with Crippen molar-refractivity contribution in [2.75, 3.05) is 6.54 Å². The molecule has 6 nitrogen and oxygen atoms in total. The maximum Gasteiger partial charge on any atom is 0.232 e. The number of guanidine groups is 1. The van der Waals surface area contributed by atoms with Gasteiger partial charge in [0.25, 0.3) is 0 Å². The van der Waals surface area contributed by atoms with E-state index in [1.54, 1.807) is 0 Å². The van der Waals surface area contributed by atoms with Crippen LogP contribution in [-0.4, -0.2) is 28.7 Å². The van der Waals surface area contributed by atoms with Crippen molar-refractivity contribution < 1.29 is 4.52 Å². The molecule has 0 unspecified atom stereocenters. The summed E-state index contributed by atoms with van der Waals surface area (Å²) in [6.07, 6.45) is 5.00. The summed E-state index contributed by atoms with van der Waals surface area (Å²) in [5.41, 5.74) is -0.128. The molecule has 0 amide bonds. The molecule has 0 atom stereocenters. The van der Waals surface area contributed by atoms with Gasteiger partial charge in [0.05, 0.1) is 0 Å². The molecule has 1 aromatic heterocycles. The highest BCUT2D eigenvalue weighted by Crippen LogP contribution is 2.23. The molecule has 0 radical (unpaired) electrons. The van der Waals surface area contributed by atoms with E-state index in [-0.39, 0.29) is 5.41 Å².